The molecule has 0 saturated heterocycles. The van der Waals surface area contributed by atoms with Gasteiger partial charge in [0.2, 0.25) is 0 Å². The monoisotopic (exact) mass is 301 g/mol. The van der Waals surface area contributed by atoms with Gasteiger partial charge in [-0.15, -0.1) is 11.3 Å². The van der Waals surface area contributed by atoms with Crippen molar-refractivity contribution in [1.82, 2.24) is 5.32 Å². The predicted octanol–water partition coefficient (Wildman–Crippen LogP) is 4.01. The number of thiophene rings is 1. The number of hydrogen-bond acceptors (Lipinski definition) is 3. The lowest BCUT2D eigenvalue weighted by Gasteiger charge is -2.16. The number of benzene rings is 1. The van der Waals surface area contributed by atoms with Crippen LogP contribution in [0.3, 0.4) is 0 Å². The molecule has 0 fully saturated rings. The van der Waals surface area contributed by atoms with Gasteiger partial charge >= 0.3 is 0 Å². The molecule has 0 bridgehead atoms. The molecule has 0 amide bonds. The Morgan fingerprint density at radius 2 is 1.95 bits per heavy atom. The van der Waals surface area contributed by atoms with Crippen LogP contribution >= 0.6 is 11.3 Å². The van der Waals surface area contributed by atoms with E-state index in [2.05, 4.69) is 18.3 Å². The second-order valence-electron chi connectivity index (χ2n) is 5.86. The maximum atomic E-state index is 10.2. The van der Waals surface area contributed by atoms with E-state index < -0.39 is 6.10 Å². The SMILES string of the molecule is CC(NCC(O)c1ccccc1)c1cc2c(s1)CCCC2. The van der Waals surface area contributed by atoms with E-state index in [-0.39, 0.29) is 0 Å². The van der Waals surface area contributed by atoms with Crippen LogP contribution in [0.2, 0.25) is 0 Å². The molecule has 1 heterocycles. The average Bonchev–Trinajstić information content (AvgIpc) is 2.97. The molecule has 0 spiro atoms. The minimum absolute atomic E-state index is 0.305. The largest absolute Gasteiger partial charge is 0.387 e. The molecule has 2 N–H and O–H groups in total. The number of nitrogens with one attached hydrogen (secondary N) is 1. The van der Waals surface area contributed by atoms with Crippen LogP contribution in [0.15, 0.2) is 36.4 Å². The molecule has 2 unspecified atom stereocenters. The normalized spacial score (nSPS) is 17.2. The molecule has 1 aliphatic carbocycles. The topological polar surface area (TPSA) is 32.3 Å². The van der Waals surface area contributed by atoms with Gasteiger partial charge in [-0.3, -0.25) is 0 Å². The van der Waals surface area contributed by atoms with Crippen molar-refractivity contribution in [3.8, 4) is 0 Å². The van der Waals surface area contributed by atoms with E-state index in [1.54, 1.807) is 10.4 Å². The first-order chi connectivity index (χ1) is 10.2. The van der Waals surface area contributed by atoms with Crippen molar-refractivity contribution in [2.45, 2.75) is 44.8 Å². The minimum atomic E-state index is -0.441. The third-order valence-corrected chi connectivity index (χ3v) is 5.66. The van der Waals surface area contributed by atoms with E-state index in [1.165, 1.54) is 30.6 Å². The van der Waals surface area contributed by atoms with Crippen molar-refractivity contribution in [3.63, 3.8) is 0 Å². The molecule has 0 saturated carbocycles. The zero-order valence-electron chi connectivity index (χ0n) is 12.5. The molecule has 2 nitrogen and oxygen atoms in total. The van der Waals surface area contributed by atoms with Crippen molar-refractivity contribution in [3.05, 3.63) is 57.3 Å². The summed E-state index contributed by atoms with van der Waals surface area (Å²) in [6, 6.07) is 12.5. The van der Waals surface area contributed by atoms with Gasteiger partial charge in [-0.2, -0.15) is 0 Å². The quantitative estimate of drug-likeness (QED) is 0.874. The highest BCUT2D eigenvalue weighted by Gasteiger charge is 2.17. The molecule has 1 aliphatic rings. The van der Waals surface area contributed by atoms with E-state index >= 15 is 0 Å². The first kappa shape index (κ1) is 14.8. The van der Waals surface area contributed by atoms with Crippen LogP contribution < -0.4 is 5.32 Å². The summed E-state index contributed by atoms with van der Waals surface area (Å²) in [6.07, 6.45) is 4.72. The van der Waals surface area contributed by atoms with E-state index in [4.69, 9.17) is 0 Å². The molecule has 0 aliphatic heterocycles. The first-order valence-corrected chi connectivity index (χ1v) is 8.63. The maximum Gasteiger partial charge on any atom is 0.0914 e. The van der Waals surface area contributed by atoms with Crippen molar-refractivity contribution in [2.75, 3.05) is 6.54 Å². The Morgan fingerprint density at radius 1 is 1.19 bits per heavy atom. The van der Waals surface area contributed by atoms with Crippen LogP contribution in [0.5, 0.6) is 0 Å². The zero-order chi connectivity index (χ0) is 14.7. The zero-order valence-corrected chi connectivity index (χ0v) is 13.3. The fourth-order valence-electron chi connectivity index (χ4n) is 2.91. The van der Waals surface area contributed by atoms with Gasteiger partial charge in [-0.25, -0.2) is 0 Å². The first-order valence-electron chi connectivity index (χ1n) is 7.82. The van der Waals surface area contributed by atoms with E-state index in [9.17, 15) is 5.11 Å². The summed E-state index contributed by atoms with van der Waals surface area (Å²) < 4.78 is 0. The van der Waals surface area contributed by atoms with Gasteiger partial charge in [0, 0.05) is 22.3 Å². The van der Waals surface area contributed by atoms with Crippen molar-refractivity contribution in [2.24, 2.45) is 0 Å². The van der Waals surface area contributed by atoms with Gasteiger partial charge in [-0.1, -0.05) is 30.3 Å². The highest BCUT2D eigenvalue weighted by Crippen LogP contribution is 2.32. The lowest BCUT2D eigenvalue weighted by atomic mass is 9.99. The highest BCUT2D eigenvalue weighted by molar-refractivity contribution is 7.12. The molecular formula is C18H23NOS. The third kappa shape index (κ3) is 3.54. The number of aliphatic hydroxyl groups excluding tert-OH is 1. The van der Waals surface area contributed by atoms with Gasteiger partial charge in [0.15, 0.2) is 0 Å². The smallest absolute Gasteiger partial charge is 0.0914 e. The molecule has 112 valence electrons. The van der Waals surface area contributed by atoms with E-state index in [1.807, 2.05) is 41.7 Å². The molecule has 1 aromatic heterocycles. The Labute approximate surface area is 130 Å². The van der Waals surface area contributed by atoms with Crippen molar-refractivity contribution in [1.29, 1.82) is 0 Å². The number of fused-ring (bicyclic) bond motifs is 1. The molecule has 1 aromatic carbocycles. The number of rotatable bonds is 5. The van der Waals surface area contributed by atoms with Crippen LogP contribution in [0, 0.1) is 0 Å². The maximum absolute atomic E-state index is 10.2. The molecular weight excluding hydrogens is 278 g/mol. The Hall–Kier alpha value is -1.16. The van der Waals surface area contributed by atoms with Gasteiger partial charge in [0.25, 0.3) is 0 Å². The third-order valence-electron chi connectivity index (χ3n) is 4.24. The van der Waals surface area contributed by atoms with Gasteiger partial charge in [0.1, 0.15) is 0 Å². The van der Waals surface area contributed by atoms with Crippen LogP contribution in [0.1, 0.15) is 52.8 Å². The molecule has 21 heavy (non-hydrogen) atoms. The molecule has 2 aromatic rings. The number of hydrogen-bond donors (Lipinski definition) is 2. The van der Waals surface area contributed by atoms with Crippen LogP contribution in [-0.4, -0.2) is 11.7 Å². The van der Waals surface area contributed by atoms with Gasteiger partial charge in [0.05, 0.1) is 6.10 Å². The lowest BCUT2D eigenvalue weighted by Crippen LogP contribution is -2.24. The number of aliphatic hydroxyl groups is 1. The second-order valence-corrected chi connectivity index (χ2v) is 7.03. The Morgan fingerprint density at radius 3 is 2.71 bits per heavy atom. The fraction of sp³-hybridized carbons (Fsp3) is 0.444. The molecule has 3 rings (SSSR count). The lowest BCUT2D eigenvalue weighted by molar-refractivity contribution is 0.171. The Balaban J connectivity index is 1.59. The summed E-state index contributed by atoms with van der Waals surface area (Å²) in [6.45, 7) is 2.78. The summed E-state index contributed by atoms with van der Waals surface area (Å²) in [5, 5.41) is 13.7. The van der Waals surface area contributed by atoms with Crippen molar-refractivity contribution >= 4 is 11.3 Å². The second kappa shape index (κ2) is 6.73. The molecule has 2 atom stereocenters. The summed E-state index contributed by atoms with van der Waals surface area (Å²) >= 11 is 1.95. The average molecular weight is 301 g/mol. The molecule has 0 radical (unpaired) electrons. The highest BCUT2D eigenvalue weighted by atomic mass is 32.1. The fourth-order valence-corrected chi connectivity index (χ4v) is 4.19. The standard InChI is InChI=1S/C18H23NOS/c1-13(18-11-15-9-5-6-10-17(15)21-18)19-12-16(20)14-7-3-2-4-8-14/h2-4,7-8,11,13,16,19-20H,5-6,9-10,12H2,1H3. The summed E-state index contributed by atoms with van der Waals surface area (Å²) in [7, 11) is 0. The van der Waals surface area contributed by atoms with Crippen molar-refractivity contribution < 1.29 is 5.11 Å². The number of aryl methyl sites for hydroxylation is 2. The predicted molar refractivity (Wildman–Crippen MR) is 88.8 cm³/mol. The van der Waals surface area contributed by atoms with Gasteiger partial charge in [-0.05, 0) is 49.8 Å². The Kier molecular flexibility index (Phi) is 4.73. The van der Waals surface area contributed by atoms with Gasteiger partial charge < -0.3 is 10.4 Å². The summed E-state index contributed by atoms with van der Waals surface area (Å²) in [4.78, 5) is 2.98. The van der Waals surface area contributed by atoms with E-state index in [0.29, 0.717) is 12.6 Å². The van der Waals surface area contributed by atoms with Crippen LogP contribution in [0.4, 0.5) is 0 Å². The Bertz CT molecular complexity index is 555. The van der Waals surface area contributed by atoms with E-state index in [0.717, 1.165) is 5.56 Å². The van der Waals surface area contributed by atoms with Crippen LogP contribution in [-0.2, 0) is 12.8 Å². The molecule has 3 heteroatoms. The minimum Gasteiger partial charge on any atom is -0.387 e. The van der Waals surface area contributed by atoms with Crippen LogP contribution in [0.25, 0.3) is 0 Å². The summed E-state index contributed by atoms with van der Waals surface area (Å²) in [5.74, 6) is 0. The summed E-state index contributed by atoms with van der Waals surface area (Å²) in [5.41, 5.74) is 2.53.